The summed E-state index contributed by atoms with van der Waals surface area (Å²) in [5.41, 5.74) is 7.86. The molecule has 0 radical (unpaired) electrons. The maximum Gasteiger partial charge on any atom is 0.410 e. The molecule has 0 aliphatic carbocycles. The second kappa shape index (κ2) is 11.2. The SMILES string of the molecule is Cc1cc(C2=CCN(C(=O)OC(C)(C)C)CC2)cc(C)c1-c1nnc(-c2ccc(C3=CCN(C(=O)O)CC3)cc2)o1. The van der Waals surface area contributed by atoms with E-state index < -0.39 is 11.7 Å². The van der Waals surface area contributed by atoms with Gasteiger partial charge in [-0.1, -0.05) is 36.4 Å². The van der Waals surface area contributed by atoms with Crippen LogP contribution in [0.2, 0.25) is 0 Å². The highest BCUT2D eigenvalue weighted by Gasteiger charge is 2.25. The van der Waals surface area contributed by atoms with Crippen molar-refractivity contribution < 1.29 is 23.8 Å². The first-order valence-electron chi connectivity index (χ1n) is 13.9. The highest BCUT2D eigenvalue weighted by atomic mass is 16.6. The molecule has 3 aromatic rings. The summed E-state index contributed by atoms with van der Waals surface area (Å²) in [6.07, 6.45) is 4.33. The Morgan fingerprint density at radius 2 is 1.37 bits per heavy atom. The van der Waals surface area contributed by atoms with E-state index in [0.29, 0.717) is 44.4 Å². The Labute approximate surface area is 240 Å². The molecule has 0 unspecified atom stereocenters. The zero-order chi connectivity index (χ0) is 29.3. The van der Waals surface area contributed by atoms with Crippen molar-refractivity contribution in [3.63, 3.8) is 0 Å². The number of ether oxygens (including phenoxy) is 1. The topological polar surface area (TPSA) is 109 Å². The average molecular weight is 557 g/mol. The average Bonchev–Trinajstić information content (AvgIpc) is 3.41. The Kier molecular flexibility index (Phi) is 7.71. The molecule has 0 saturated carbocycles. The van der Waals surface area contributed by atoms with Crippen LogP contribution in [0, 0.1) is 13.8 Å². The van der Waals surface area contributed by atoms with Crippen molar-refractivity contribution in [2.45, 2.75) is 53.1 Å². The number of amides is 2. The van der Waals surface area contributed by atoms with E-state index >= 15 is 0 Å². The van der Waals surface area contributed by atoms with Crippen molar-refractivity contribution in [1.29, 1.82) is 0 Å². The number of carbonyl (C=O) groups is 2. The standard InChI is InChI=1S/C32H36N4O5/c1-20-18-26(24-12-16-36(17-13-24)31(39)41-32(3,4)5)19-21(2)27(20)29-34-33-28(40-29)25-8-6-22(7-9-25)23-10-14-35(15-11-23)30(37)38/h6-10,12,18-19H,11,13-17H2,1-5H3,(H,37,38). The van der Waals surface area contributed by atoms with Crippen molar-refractivity contribution >= 4 is 23.3 Å². The number of aromatic nitrogens is 2. The first-order valence-corrected chi connectivity index (χ1v) is 13.9. The lowest BCUT2D eigenvalue weighted by molar-refractivity contribution is 0.0270. The fourth-order valence-electron chi connectivity index (χ4n) is 5.28. The van der Waals surface area contributed by atoms with E-state index in [2.05, 4.69) is 28.4 Å². The van der Waals surface area contributed by atoms with E-state index in [4.69, 9.17) is 14.3 Å². The van der Waals surface area contributed by atoms with Gasteiger partial charge in [-0.2, -0.15) is 0 Å². The van der Waals surface area contributed by atoms with Crippen LogP contribution in [0.5, 0.6) is 0 Å². The van der Waals surface area contributed by atoms with Crippen LogP contribution in [0.15, 0.2) is 53.0 Å². The predicted octanol–water partition coefficient (Wildman–Crippen LogP) is 6.81. The van der Waals surface area contributed by atoms with Crippen molar-refractivity contribution in [1.82, 2.24) is 20.0 Å². The molecule has 0 saturated heterocycles. The second-order valence-corrected chi connectivity index (χ2v) is 11.6. The third-order valence-corrected chi connectivity index (χ3v) is 7.39. The maximum absolute atomic E-state index is 12.4. The van der Waals surface area contributed by atoms with Gasteiger partial charge in [-0.3, -0.25) is 0 Å². The van der Waals surface area contributed by atoms with Crippen LogP contribution in [-0.4, -0.2) is 69.1 Å². The van der Waals surface area contributed by atoms with Crippen molar-refractivity contribution in [2.24, 2.45) is 0 Å². The van der Waals surface area contributed by atoms with Crippen LogP contribution in [-0.2, 0) is 4.74 Å². The molecule has 2 amide bonds. The molecule has 2 aliphatic rings. The number of carbonyl (C=O) groups excluding carboxylic acids is 1. The smallest absolute Gasteiger partial charge is 0.410 e. The first-order chi connectivity index (χ1) is 19.5. The van der Waals surface area contributed by atoms with E-state index in [0.717, 1.165) is 45.4 Å². The van der Waals surface area contributed by atoms with Crippen LogP contribution >= 0.6 is 0 Å². The molecule has 0 atom stereocenters. The molecular formula is C32H36N4O5. The molecule has 2 aliphatic heterocycles. The first kappa shape index (κ1) is 28.1. The van der Waals surface area contributed by atoms with Gasteiger partial charge in [0.05, 0.1) is 0 Å². The molecule has 9 heteroatoms. The lowest BCUT2D eigenvalue weighted by Gasteiger charge is -2.29. The maximum atomic E-state index is 12.4. The number of aryl methyl sites for hydroxylation is 2. The minimum atomic E-state index is -0.888. The van der Waals surface area contributed by atoms with Crippen molar-refractivity contribution in [3.05, 3.63) is 70.8 Å². The summed E-state index contributed by atoms with van der Waals surface area (Å²) in [5, 5.41) is 17.8. The minimum Gasteiger partial charge on any atom is -0.465 e. The molecule has 0 spiro atoms. The summed E-state index contributed by atoms with van der Waals surface area (Å²) in [6.45, 7) is 11.8. The van der Waals surface area contributed by atoms with E-state index in [1.807, 2.05) is 65.0 Å². The largest absolute Gasteiger partial charge is 0.465 e. The molecule has 3 heterocycles. The van der Waals surface area contributed by atoms with Gasteiger partial charge in [-0.25, -0.2) is 9.59 Å². The van der Waals surface area contributed by atoms with Gasteiger partial charge in [0.15, 0.2) is 0 Å². The van der Waals surface area contributed by atoms with Crippen LogP contribution < -0.4 is 0 Å². The predicted molar refractivity (Wildman–Crippen MR) is 157 cm³/mol. The van der Waals surface area contributed by atoms with Gasteiger partial charge in [0.2, 0.25) is 11.8 Å². The Hall–Kier alpha value is -4.40. The monoisotopic (exact) mass is 556 g/mol. The Balaban J connectivity index is 1.29. The zero-order valence-corrected chi connectivity index (χ0v) is 24.2. The molecule has 9 nitrogen and oxygen atoms in total. The number of benzene rings is 2. The lowest BCUT2D eigenvalue weighted by Crippen LogP contribution is -2.39. The summed E-state index contributed by atoms with van der Waals surface area (Å²) in [6, 6.07) is 12.2. The van der Waals surface area contributed by atoms with E-state index in [-0.39, 0.29) is 6.09 Å². The summed E-state index contributed by atoms with van der Waals surface area (Å²) in [7, 11) is 0. The highest BCUT2D eigenvalue weighted by molar-refractivity contribution is 5.76. The molecule has 5 rings (SSSR count). The number of hydrogen-bond donors (Lipinski definition) is 1. The zero-order valence-electron chi connectivity index (χ0n) is 24.2. The summed E-state index contributed by atoms with van der Waals surface area (Å²) in [4.78, 5) is 26.7. The molecule has 41 heavy (non-hydrogen) atoms. The van der Waals surface area contributed by atoms with Gasteiger partial charge in [-0.05, 0) is 93.0 Å². The third kappa shape index (κ3) is 6.34. The van der Waals surface area contributed by atoms with Crippen LogP contribution in [0.1, 0.15) is 55.9 Å². The number of carboxylic acid groups (broad SMARTS) is 1. The molecule has 0 bridgehead atoms. The molecule has 214 valence electrons. The van der Waals surface area contributed by atoms with Gasteiger partial charge in [0, 0.05) is 37.3 Å². The van der Waals surface area contributed by atoms with Gasteiger partial charge in [-0.15, -0.1) is 10.2 Å². The van der Waals surface area contributed by atoms with E-state index in [9.17, 15) is 9.59 Å². The van der Waals surface area contributed by atoms with Crippen LogP contribution in [0.3, 0.4) is 0 Å². The number of hydrogen-bond acceptors (Lipinski definition) is 6. The fraction of sp³-hybridized carbons (Fsp3) is 0.375. The molecule has 0 fully saturated rings. The Morgan fingerprint density at radius 3 is 1.90 bits per heavy atom. The summed E-state index contributed by atoms with van der Waals surface area (Å²) in [5.74, 6) is 0.921. The van der Waals surface area contributed by atoms with Gasteiger partial charge in [0.1, 0.15) is 5.60 Å². The fourth-order valence-corrected chi connectivity index (χ4v) is 5.28. The molecular weight excluding hydrogens is 520 g/mol. The quantitative estimate of drug-likeness (QED) is 0.376. The van der Waals surface area contributed by atoms with E-state index in [1.165, 1.54) is 10.5 Å². The van der Waals surface area contributed by atoms with Gasteiger partial charge in [0.25, 0.3) is 0 Å². The Morgan fingerprint density at radius 1 is 0.829 bits per heavy atom. The molecule has 2 aromatic carbocycles. The van der Waals surface area contributed by atoms with Crippen LogP contribution in [0.25, 0.3) is 34.1 Å². The third-order valence-electron chi connectivity index (χ3n) is 7.39. The van der Waals surface area contributed by atoms with Crippen molar-refractivity contribution in [2.75, 3.05) is 26.2 Å². The minimum absolute atomic E-state index is 0.282. The van der Waals surface area contributed by atoms with Gasteiger partial charge < -0.3 is 24.1 Å². The van der Waals surface area contributed by atoms with Gasteiger partial charge >= 0.3 is 12.2 Å². The van der Waals surface area contributed by atoms with Crippen molar-refractivity contribution in [3.8, 4) is 22.9 Å². The second-order valence-electron chi connectivity index (χ2n) is 11.6. The highest BCUT2D eigenvalue weighted by Crippen LogP contribution is 2.34. The number of rotatable bonds is 4. The van der Waals surface area contributed by atoms with Crippen LogP contribution in [0.4, 0.5) is 9.59 Å². The normalized spacial score (nSPS) is 15.8. The Bertz CT molecular complexity index is 1510. The molecule has 1 N–H and O–H groups in total. The summed E-state index contributed by atoms with van der Waals surface area (Å²) < 4.78 is 11.6. The number of nitrogens with zero attached hydrogens (tertiary/aromatic N) is 4. The summed E-state index contributed by atoms with van der Waals surface area (Å²) >= 11 is 0. The lowest BCUT2D eigenvalue weighted by atomic mass is 9.93. The van der Waals surface area contributed by atoms with E-state index in [1.54, 1.807) is 4.90 Å². The molecule has 1 aromatic heterocycles.